The van der Waals surface area contributed by atoms with Gasteiger partial charge >= 0.3 is 0 Å². The van der Waals surface area contributed by atoms with Crippen LogP contribution in [-0.2, 0) is 0 Å². The van der Waals surface area contributed by atoms with Crippen LogP contribution in [0.25, 0.3) is 11.0 Å². The first kappa shape index (κ1) is 21.6. The summed E-state index contributed by atoms with van der Waals surface area (Å²) in [6, 6.07) is 1.34. The second kappa shape index (κ2) is 8.27. The Labute approximate surface area is 185 Å². The summed E-state index contributed by atoms with van der Waals surface area (Å²) in [7, 11) is 0. The normalized spacial score (nSPS) is 27.4. The summed E-state index contributed by atoms with van der Waals surface area (Å²) in [6.07, 6.45) is -1.38. The number of nitrogens with one attached hydrogen (secondary N) is 2. The molecule has 3 aromatic rings. The van der Waals surface area contributed by atoms with Crippen molar-refractivity contribution in [2.45, 2.75) is 49.7 Å². The number of amides is 1. The number of rotatable bonds is 4. The maximum Gasteiger partial charge on any atom is 0.275 e. The van der Waals surface area contributed by atoms with Crippen molar-refractivity contribution in [2.24, 2.45) is 0 Å². The van der Waals surface area contributed by atoms with Gasteiger partial charge in [0.1, 0.15) is 30.0 Å². The quantitative estimate of drug-likeness (QED) is 0.466. The van der Waals surface area contributed by atoms with Crippen LogP contribution in [0.2, 0.25) is 0 Å². The van der Waals surface area contributed by atoms with E-state index >= 15 is 0 Å². The number of likely N-dealkylation sites (tertiary alicyclic amines) is 1. The Kier molecular flexibility index (Phi) is 5.41. The molecule has 2 aromatic heterocycles. The highest BCUT2D eigenvalue weighted by Crippen LogP contribution is 2.37. The average Bonchev–Trinajstić information content (AvgIpc) is 3.49. The molecule has 174 valence electrons. The molecular formula is C21H21F3N6O3. The van der Waals surface area contributed by atoms with Crippen molar-refractivity contribution in [3.8, 4) is 0 Å². The third-order valence-electron chi connectivity index (χ3n) is 6.29. The number of aromatic nitrogens is 4. The van der Waals surface area contributed by atoms with E-state index in [1.165, 1.54) is 6.33 Å². The summed E-state index contributed by atoms with van der Waals surface area (Å²) >= 11 is 0. The Balaban J connectivity index is 1.51. The van der Waals surface area contributed by atoms with E-state index in [1.54, 1.807) is 0 Å². The van der Waals surface area contributed by atoms with Crippen molar-refractivity contribution in [1.29, 1.82) is 0 Å². The molecule has 0 spiro atoms. The van der Waals surface area contributed by atoms with Gasteiger partial charge in [0, 0.05) is 12.0 Å². The summed E-state index contributed by atoms with van der Waals surface area (Å²) in [5.74, 6) is -1.91. The molecule has 12 heteroatoms. The molecule has 4 N–H and O–H groups in total. The molecule has 1 saturated carbocycles. The minimum absolute atomic E-state index is 0.110. The first-order chi connectivity index (χ1) is 15.8. The van der Waals surface area contributed by atoms with Gasteiger partial charge in [0.25, 0.3) is 5.91 Å². The lowest BCUT2D eigenvalue weighted by Gasteiger charge is -2.24. The van der Waals surface area contributed by atoms with Gasteiger partial charge in [-0.15, -0.1) is 0 Å². The molecule has 0 bridgehead atoms. The second-order valence-corrected chi connectivity index (χ2v) is 8.38. The lowest BCUT2D eigenvalue weighted by atomic mass is 10.0. The third kappa shape index (κ3) is 3.78. The molecule has 1 saturated heterocycles. The molecule has 1 amide bonds. The SMILES string of the molecule is O=C(c1n[nH]c2ncnc(N[C@@H]3CC[C@@H](O)[C@H]3O)c12)N1C[C@@H](F)C[C@@H]1c1cc(F)ccc1F. The van der Waals surface area contributed by atoms with Gasteiger partial charge in [-0.2, -0.15) is 5.10 Å². The van der Waals surface area contributed by atoms with Crippen LogP contribution in [0.1, 0.15) is 41.4 Å². The molecule has 0 unspecified atom stereocenters. The van der Waals surface area contributed by atoms with Crippen LogP contribution in [-0.4, -0.2) is 72.2 Å². The first-order valence-corrected chi connectivity index (χ1v) is 10.5. The van der Waals surface area contributed by atoms with Gasteiger partial charge in [-0.3, -0.25) is 9.89 Å². The molecule has 1 aliphatic carbocycles. The molecule has 0 radical (unpaired) electrons. The Morgan fingerprint density at radius 1 is 1.21 bits per heavy atom. The number of benzene rings is 1. The second-order valence-electron chi connectivity index (χ2n) is 8.38. The smallest absolute Gasteiger partial charge is 0.275 e. The van der Waals surface area contributed by atoms with Crippen LogP contribution < -0.4 is 5.32 Å². The van der Waals surface area contributed by atoms with E-state index < -0.39 is 48.0 Å². The van der Waals surface area contributed by atoms with Crippen LogP contribution in [0.15, 0.2) is 24.5 Å². The number of alkyl halides is 1. The highest BCUT2D eigenvalue weighted by molar-refractivity contribution is 6.07. The molecule has 5 rings (SSSR count). The summed E-state index contributed by atoms with van der Waals surface area (Å²) in [5.41, 5.74) is 0.00594. The summed E-state index contributed by atoms with van der Waals surface area (Å²) in [4.78, 5) is 22.8. The number of aromatic amines is 1. The van der Waals surface area contributed by atoms with E-state index in [-0.39, 0.29) is 41.1 Å². The number of carbonyl (C=O) groups is 1. The maximum absolute atomic E-state index is 14.4. The van der Waals surface area contributed by atoms with Gasteiger partial charge in [-0.25, -0.2) is 23.1 Å². The van der Waals surface area contributed by atoms with Gasteiger partial charge in [-0.1, -0.05) is 0 Å². The van der Waals surface area contributed by atoms with E-state index in [1.807, 2.05) is 0 Å². The highest BCUT2D eigenvalue weighted by atomic mass is 19.1. The van der Waals surface area contributed by atoms with Crippen LogP contribution in [0.5, 0.6) is 0 Å². The lowest BCUT2D eigenvalue weighted by molar-refractivity contribution is 0.0392. The molecule has 1 aromatic carbocycles. The molecular weight excluding hydrogens is 441 g/mol. The fourth-order valence-corrected chi connectivity index (χ4v) is 4.63. The lowest BCUT2D eigenvalue weighted by Crippen LogP contribution is -2.35. The summed E-state index contributed by atoms with van der Waals surface area (Å²) in [5, 5.41) is 29.9. The number of fused-ring (bicyclic) bond motifs is 1. The molecule has 3 heterocycles. The Hall–Kier alpha value is -3.25. The van der Waals surface area contributed by atoms with E-state index in [2.05, 4.69) is 25.5 Å². The largest absolute Gasteiger partial charge is 0.390 e. The van der Waals surface area contributed by atoms with E-state index in [0.29, 0.717) is 12.8 Å². The number of hydrogen-bond donors (Lipinski definition) is 4. The molecule has 2 fully saturated rings. The molecule has 5 atom stereocenters. The minimum Gasteiger partial charge on any atom is -0.390 e. The molecule has 9 nitrogen and oxygen atoms in total. The maximum atomic E-state index is 14.4. The van der Waals surface area contributed by atoms with Crippen molar-refractivity contribution >= 4 is 22.8 Å². The molecule has 1 aliphatic heterocycles. The third-order valence-corrected chi connectivity index (χ3v) is 6.29. The number of anilines is 1. The number of halogens is 3. The van der Waals surface area contributed by atoms with E-state index in [9.17, 15) is 28.2 Å². The summed E-state index contributed by atoms with van der Waals surface area (Å²) < 4.78 is 42.5. The van der Waals surface area contributed by atoms with Gasteiger partial charge in [0.15, 0.2) is 11.3 Å². The Bertz CT molecular complexity index is 1210. The van der Waals surface area contributed by atoms with Crippen molar-refractivity contribution in [2.75, 3.05) is 11.9 Å². The zero-order chi connectivity index (χ0) is 23.3. The van der Waals surface area contributed by atoms with Crippen LogP contribution >= 0.6 is 0 Å². The minimum atomic E-state index is -1.42. The van der Waals surface area contributed by atoms with Gasteiger partial charge in [-0.05, 0) is 31.0 Å². The van der Waals surface area contributed by atoms with Gasteiger partial charge < -0.3 is 20.4 Å². The number of H-pyrrole nitrogens is 1. The number of carbonyl (C=O) groups excluding carboxylic acids is 1. The highest BCUT2D eigenvalue weighted by Gasteiger charge is 2.40. The average molecular weight is 462 g/mol. The zero-order valence-corrected chi connectivity index (χ0v) is 17.3. The monoisotopic (exact) mass is 462 g/mol. The Morgan fingerprint density at radius 2 is 2.03 bits per heavy atom. The number of aliphatic hydroxyl groups is 2. The Morgan fingerprint density at radius 3 is 2.79 bits per heavy atom. The van der Waals surface area contributed by atoms with E-state index in [4.69, 9.17) is 0 Å². The molecule has 2 aliphatic rings. The molecule has 33 heavy (non-hydrogen) atoms. The summed E-state index contributed by atoms with van der Waals surface area (Å²) in [6.45, 7) is -0.308. The van der Waals surface area contributed by atoms with Crippen LogP contribution in [0.4, 0.5) is 19.0 Å². The van der Waals surface area contributed by atoms with E-state index in [0.717, 1.165) is 23.1 Å². The zero-order valence-electron chi connectivity index (χ0n) is 17.3. The van der Waals surface area contributed by atoms with Crippen molar-refractivity contribution in [3.63, 3.8) is 0 Å². The van der Waals surface area contributed by atoms with Gasteiger partial charge in [0.2, 0.25) is 0 Å². The predicted molar refractivity (Wildman–Crippen MR) is 110 cm³/mol. The fraction of sp³-hybridized carbons (Fsp3) is 0.429. The number of hydrogen-bond acceptors (Lipinski definition) is 7. The number of nitrogens with zero attached hydrogens (tertiary/aromatic N) is 4. The fourth-order valence-electron chi connectivity index (χ4n) is 4.63. The standard InChI is InChI=1S/C21H21F3N6O3/c22-9-1-2-12(24)11(5-9)14-6-10(23)7-30(14)21(33)17-16-19(25-8-26-20(16)29-28-17)27-13-3-4-15(31)18(13)32/h1-2,5,8,10,13-15,18,31-32H,3-4,6-7H2,(H2,25,26,27,28,29)/t10-,13+,14+,15+,18-/m0/s1. The first-order valence-electron chi connectivity index (χ1n) is 10.5. The van der Waals surface area contributed by atoms with Crippen molar-refractivity contribution < 1.29 is 28.2 Å². The predicted octanol–water partition coefficient (Wildman–Crippen LogP) is 1.85. The van der Waals surface area contributed by atoms with Crippen molar-refractivity contribution in [1.82, 2.24) is 25.1 Å². The van der Waals surface area contributed by atoms with Crippen LogP contribution in [0.3, 0.4) is 0 Å². The van der Waals surface area contributed by atoms with Gasteiger partial charge in [0.05, 0.1) is 36.2 Å². The van der Waals surface area contributed by atoms with Crippen molar-refractivity contribution in [3.05, 3.63) is 47.4 Å². The van der Waals surface area contributed by atoms with Crippen LogP contribution in [0, 0.1) is 11.6 Å². The topological polar surface area (TPSA) is 127 Å². The number of aliphatic hydroxyl groups excluding tert-OH is 2.